The number of rotatable bonds is 2. The number of aromatic nitrogens is 2. The standard InChI is InChI=1S/C24H25N3O2/c1-16-3-7-22(26-25-16)18-4-6-20-19(13-18)15-27(2)10-9-21(20)17-5-8-23-24(14-17)29-12-11-28-23/h3-8,13-14,21H,9-12,15H2,1-2H3. The van der Waals surface area contributed by atoms with Gasteiger partial charge in [-0.15, -0.1) is 0 Å². The van der Waals surface area contributed by atoms with Crippen LogP contribution >= 0.6 is 0 Å². The highest BCUT2D eigenvalue weighted by atomic mass is 16.6. The van der Waals surface area contributed by atoms with Crippen molar-refractivity contribution in [3.63, 3.8) is 0 Å². The predicted molar refractivity (Wildman–Crippen MR) is 112 cm³/mol. The average Bonchev–Trinajstić information content (AvgIpc) is 2.91. The fourth-order valence-corrected chi connectivity index (χ4v) is 4.29. The summed E-state index contributed by atoms with van der Waals surface area (Å²) in [5.74, 6) is 2.04. The monoisotopic (exact) mass is 387 g/mol. The van der Waals surface area contributed by atoms with E-state index in [9.17, 15) is 0 Å². The van der Waals surface area contributed by atoms with Crippen molar-refractivity contribution in [1.29, 1.82) is 0 Å². The molecule has 0 aliphatic carbocycles. The fraction of sp³-hybridized carbons (Fsp3) is 0.333. The Balaban J connectivity index is 1.55. The lowest BCUT2D eigenvalue weighted by Gasteiger charge is -2.23. The zero-order valence-corrected chi connectivity index (χ0v) is 16.9. The molecule has 0 bridgehead atoms. The molecule has 0 amide bonds. The summed E-state index contributed by atoms with van der Waals surface area (Å²) < 4.78 is 11.5. The van der Waals surface area contributed by atoms with Crippen LogP contribution in [0.25, 0.3) is 11.3 Å². The number of nitrogens with zero attached hydrogens (tertiary/aromatic N) is 3. The van der Waals surface area contributed by atoms with Gasteiger partial charge in [0.05, 0.1) is 11.4 Å². The second-order valence-corrected chi connectivity index (χ2v) is 7.96. The molecule has 0 saturated carbocycles. The van der Waals surface area contributed by atoms with Crippen molar-refractivity contribution in [3.8, 4) is 22.8 Å². The van der Waals surface area contributed by atoms with Crippen molar-refractivity contribution < 1.29 is 9.47 Å². The first-order chi connectivity index (χ1) is 14.2. The number of fused-ring (bicyclic) bond motifs is 2. The molecule has 2 aromatic carbocycles. The molecule has 3 aromatic rings. The lowest BCUT2D eigenvalue weighted by molar-refractivity contribution is 0.171. The Morgan fingerprint density at radius 1 is 0.931 bits per heavy atom. The molecule has 1 aromatic heterocycles. The maximum absolute atomic E-state index is 5.83. The summed E-state index contributed by atoms with van der Waals surface area (Å²) in [5.41, 5.74) is 6.99. The topological polar surface area (TPSA) is 47.5 Å². The Morgan fingerprint density at radius 3 is 2.62 bits per heavy atom. The van der Waals surface area contributed by atoms with Gasteiger partial charge in [0.2, 0.25) is 0 Å². The molecular formula is C24H25N3O2. The quantitative estimate of drug-likeness (QED) is 0.660. The minimum Gasteiger partial charge on any atom is -0.486 e. The van der Waals surface area contributed by atoms with Crippen LogP contribution in [0, 0.1) is 6.92 Å². The number of benzene rings is 2. The van der Waals surface area contributed by atoms with Gasteiger partial charge in [0.25, 0.3) is 0 Å². The third kappa shape index (κ3) is 3.58. The molecule has 3 heterocycles. The van der Waals surface area contributed by atoms with Gasteiger partial charge in [0.1, 0.15) is 13.2 Å². The maximum Gasteiger partial charge on any atom is 0.161 e. The first-order valence-corrected chi connectivity index (χ1v) is 10.2. The molecule has 0 fully saturated rings. The lowest BCUT2D eigenvalue weighted by Crippen LogP contribution is -2.17. The van der Waals surface area contributed by atoms with Crippen molar-refractivity contribution in [3.05, 3.63) is 70.9 Å². The highest BCUT2D eigenvalue weighted by Gasteiger charge is 2.24. The molecule has 0 spiro atoms. The molecule has 0 N–H and O–H groups in total. The first kappa shape index (κ1) is 18.1. The average molecular weight is 387 g/mol. The van der Waals surface area contributed by atoms with Gasteiger partial charge in [-0.1, -0.05) is 18.2 Å². The fourth-order valence-electron chi connectivity index (χ4n) is 4.29. The zero-order valence-electron chi connectivity index (χ0n) is 16.9. The largest absolute Gasteiger partial charge is 0.486 e. The van der Waals surface area contributed by atoms with Crippen LogP contribution in [0.5, 0.6) is 11.5 Å². The van der Waals surface area contributed by atoms with Crippen LogP contribution in [0.15, 0.2) is 48.5 Å². The normalized spacial score (nSPS) is 18.8. The second-order valence-electron chi connectivity index (χ2n) is 7.96. The first-order valence-electron chi connectivity index (χ1n) is 10.2. The van der Waals surface area contributed by atoms with Gasteiger partial charge < -0.3 is 14.4 Å². The van der Waals surface area contributed by atoms with Crippen LogP contribution < -0.4 is 9.47 Å². The van der Waals surface area contributed by atoms with Gasteiger partial charge in [-0.2, -0.15) is 10.2 Å². The van der Waals surface area contributed by atoms with Crippen LogP contribution in [-0.4, -0.2) is 41.9 Å². The van der Waals surface area contributed by atoms with Crippen molar-refractivity contribution in [2.24, 2.45) is 0 Å². The molecule has 2 aliphatic rings. The summed E-state index contributed by atoms with van der Waals surface area (Å²) in [6.07, 6.45) is 1.08. The second kappa shape index (κ2) is 7.48. The van der Waals surface area contributed by atoms with Crippen LogP contribution in [0.1, 0.15) is 34.7 Å². The molecule has 1 atom stereocenters. The summed E-state index contributed by atoms with van der Waals surface area (Å²) in [6, 6.07) is 17.2. The maximum atomic E-state index is 5.83. The van der Waals surface area contributed by atoms with Gasteiger partial charge in [0, 0.05) is 18.0 Å². The van der Waals surface area contributed by atoms with Crippen LogP contribution in [0.2, 0.25) is 0 Å². The van der Waals surface area contributed by atoms with Gasteiger partial charge in [-0.05, 0) is 74.0 Å². The van der Waals surface area contributed by atoms with E-state index in [0.29, 0.717) is 19.1 Å². The van der Waals surface area contributed by atoms with Crippen molar-refractivity contribution >= 4 is 0 Å². The van der Waals surface area contributed by atoms with Crippen molar-refractivity contribution in [2.75, 3.05) is 26.8 Å². The van der Waals surface area contributed by atoms with E-state index in [4.69, 9.17) is 9.47 Å². The Kier molecular flexibility index (Phi) is 4.68. The molecule has 29 heavy (non-hydrogen) atoms. The molecule has 1 unspecified atom stereocenters. The molecule has 5 heteroatoms. The van der Waals surface area contributed by atoms with E-state index in [-0.39, 0.29) is 0 Å². The minimum atomic E-state index is 0.337. The Hall–Kier alpha value is -2.92. The van der Waals surface area contributed by atoms with Crippen LogP contribution in [0.3, 0.4) is 0 Å². The summed E-state index contributed by atoms with van der Waals surface area (Å²) in [7, 11) is 2.19. The third-order valence-electron chi connectivity index (χ3n) is 5.82. The Morgan fingerprint density at radius 2 is 1.79 bits per heavy atom. The smallest absolute Gasteiger partial charge is 0.161 e. The SMILES string of the molecule is Cc1ccc(-c2ccc3c(c2)CN(C)CCC3c2ccc3c(c2)OCCO3)nn1. The van der Waals surface area contributed by atoms with Crippen molar-refractivity contribution in [2.45, 2.75) is 25.8 Å². The molecule has 2 aliphatic heterocycles. The van der Waals surface area contributed by atoms with E-state index >= 15 is 0 Å². The van der Waals surface area contributed by atoms with E-state index in [1.807, 2.05) is 25.1 Å². The number of aryl methyl sites for hydroxylation is 1. The number of hydrogen-bond acceptors (Lipinski definition) is 5. The molecule has 0 radical (unpaired) electrons. The molecule has 5 rings (SSSR count). The summed E-state index contributed by atoms with van der Waals surface area (Å²) in [4.78, 5) is 2.39. The van der Waals surface area contributed by atoms with Gasteiger partial charge in [-0.3, -0.25) is 0 Å². The third-order valence-corrected chi connectivity index (χ3v) is 5.82. The molecule has 5 nitrogen and oxygen atoms in total. The van der Waals surface area contributed by atoms with Crippen LogP contribution in [0.4, 0.5) is 0 Å². The molecular weight excluding hydrogens is 362 g/mol. The highest BCUT2D eigenvalue weighted by molar-refractivity contribution is 5.61. The number of hydrogen-bond donors (Lipinski definition) is 0. The Labute approximate surface area is 171 Å². The number of ether oxygens (including phenoxy) is 2. The van der Waals surface area contributed by atoms with E-state index in [2.05, 4.69) is 52.5 Å². The minimum absolute atomic E-state index is 0.337. The molecule has 0 saturated heterocycles. The van der Waals surface area contributed by atoms with Crippen LogP contribution in [-0.2, 0) is 6.54 Å². The van der Waals surface area contributed by atoms with E-state index in [1.54, 1.807) is 0 Å². The predicted octanol–water partition coefficient (Wildman–Crippen LogP) is 4.19. The van der Waals surface area contributed by atoms with E-state index in [1.165, 1.54) is 16.7 Å². The summed E-state index contributed by atoms with van der Waals surface area (Å²) in [5, 5.41) is 8.59. The van der Waals surface area contributed by atoms with Gasteiger partial charge >= 0.3 is 0 Å². The van der Waals surface area contributed by atoms with Gasteiger partial charge in [-0.25, -0.2) is 0 Å². The van der Waals surface area contributed by atoms with Gasteiger partial charge in [0.15, 0.2) is 11.5 Å². The highest BCUT2D eigenvalue weighted by Crippen LogP contribution is 2.39. The van der Waals surface area contributed by atoms with E-state index < -0.39 is 0 Å². The zero-order chi connectivity index (χ0) is 19.8. The van der Waals surface area contributed by atoms with E-state index in [0.717, 1.165) is 48.0 Å². The Bertz CT molecular complexity index is 1030. The van der Waals surface area contributed by atoms with Crippen molar-refractivity contribution in [1.82, 2.24) is 15.1 Å². The lowest BCUT2D eigenvalue weighted by atomic mass is 9.85. The molecule has 148 valence electrons. The summed E-state index contributed by atoms with van der Waals surface area (Å²) >= 11 is 0. The summed E-state index contributed by atoms with van der Waals surface area (Å²) in [6.45, 7) is 5.17.